The lowest BCUT2D eigenvalue weighted by atomic mass is 10.2. The number of aliphatic imine (C=N–C) groups is 2. The summed E-state index contributed by atoms with van der Waals surface area (Å²) in [5.74, 6) is -0.680. The third-order valence-corrected chi connectivity index (χ3v) is 3.94. The highest BCUT2D eigenvalue weighted by molar-refractivity contribution is 6.33. The number of benzene rings is 2. The lowest BCUT2D eigenvalue weighted by Gasteiger charge is -2.08. The van der Waals surface area contributed by atoms with E-state index in [9.17, 15) is 9.59 Å². The van der Waals surface area contributed by atoms with Crippen LogP contribution in [0.15, 0.2) is 64.6 Å². The van der Waals surface area contributed by atoms with Gasteiger partial charge < -0.3 is 16.4 Å². The first-order valence-corrected chi connectivity index (χ1v) is 8.48. The zero-order chi connectivity index (χ0) is 19.2. The molecule has 0 saturated carbocycles. The fourth-order valence-corrected chi connectivity index (χ4v) is 2.56. The minimum atomic E-state index is -0.879. The molecule has 8 nitrogen and oxygen atoms in total. The van der Waals surface area contributed by atoms with Crippen LogP contribution in [-0.2, 0) is 9.59 Å². The van der Waals surface area contributed by atoms with Crippen molar-refractivity contribution >= 4 is 46.7 Å². The van der Waals surface area contributed by atoms with Crippen LogP contribution in [-0.4, -0.2) is 29.8 Å². The van der Waals surface area contributed by atoms with Crippen molar-refractivity contribution in [1.82, 2.24) is 5.32 Å². The summed E-state index contributed by atoms with van der Waals surface area (Å²) >= 11 is 6.00. The third-order valence-electron chi connectivity index (χ3n) is 3.62. The number of guanidine groups is 2. The Morgan fingerprint density at radius 2 is 1.85 bits per heavy atom. The number of carbonyl (C=O) groups excluding carboxylic acids is 2. The Kier molecular flexibility index (Phi) is 5.68. The molecule has 3 rings (SSSR count). The summed E-state index contributed by atoms with van der Waals surface area (Å²) in [5.41, 5.74) is 7.03. The second kappa shape index (κ2) is 8.33. The van der Waals surface area contributed by atoms with Gasteiger partial charge in [-0.25, -0.2) is 4.99 Å². The molecule has 138 valence electrons. The van der Waals surface area contributed by atoms with Gasteiger partial charge in [0.25, 0.3) is 5.91 Å². The molecule has 1 aliphatic heterocycles. The number of anilines is 2. The van der Waals surface area contributed by atoms with Crippen LogP contribution < -0.4 is 21.7 Å². The van der Waals surface area contributed by atoms with E-state index in [1.54, 1.807) is 24.3 Å². The van der Waals surface area contributed by atoms with Crippen LogP contribution in [0.2, 0.25) is 5.02 Å². The monoisotopic (exact) mass is 384 g/mol. The van der Waals surface area contributed by atoms with Crippen molar-refractivity contribution in [1.29, 1.82) is 0 Å². The van der Waals surface area contributed by atoms with Crippen LogP contribution >= 0.6 is 11.6 Å². The second-order valence-corrected chi connectivity index (χ2v) is 6.09. The maximum absolute atomic E-state index is 12.1. The van der Waals surface area contributed by atoms with Gasteiger partial charge in [0, 0.05) is 5.69 Å². The highest BCUT2D eigenvalue weighted by Crippen LogP contribution is 2.21. The van der Waals surface area contributed by atoms with Gasteiger partial charge in [-0.05, 0) is 24.3 Å². The Balaban J connectivity index is 1.61. The van der Waals surface area contributed by atoms with E-state index in [1.807, 2.05) is 30.3 Å². The Bertz CT molecular complexity index is 913. The number of rotatable bonds is 4. The Morgan fingerprint density at radius 3 is 2.59 bits per heavy atom. The number of para-hydroxylation sites is 2. The summed E-state index contributed by atoms with van der Waals surface area (Å²) in [4.78, 5) is 32.3. The molecule has 1 heterocycles. The van der Waals surface area contributed by atoms with Gasteiger partial charge in [-0.1, -0.05) is 41.9 Å². The number of hydrogen-bond donors (Lipinski definition) is 4. The third kappa shape index (κ3) is 5.05. The highest BCUT2D eigenvalue weighted by atomic mass is 35.5. The Morgan fingerprint density at radius 1 is 1.15 bits per heavy atom. The molecule has 1 atom stereocenters. The summed E-state index contributed by atoms with van der Waals surface area (Å²) < 4.78 is 0. The number of amides is 2. The number of nitrogens with one attached hydrogen (secondary N) is 3. The maximum atomic E-state index is 12.1. The molecule has 0 aliphatic carbocycles. The highest BCUT2D eigenvalue weighted by Gasteiger charge is 2.28. The zero-order valence-electron chi connectivity index (χ0n) is 14.1. The molecule has 0 saturated heterocycles. The van der Waals surface area contributed by atoms with Gasteiger partial charge >= 0.3 is 0 Å². The van der Waals surface area contributed by atoms with Gasteiger partial charge in [-0.2, -0.15) is 4.99 Å². The minimum Gasteiger partial charge on any atom is -0.369 e. The first-order chi connectivity index (χ1) is 13.0. The molecule has 0 aromatic heterocycles. The predicted molar refractivity (Wildman–Crippen MR) is 106 cm³/mol. The van der Waals surface area contributed by atoms with Crippen LogP contribution in [0.4, 0.5) is 11.4 Å². The Labute approximate surface area is 160 Å². The fraction of sp³-hybridized carbons (Fsp3) is 0.111. The van der Waals surface area contributed by atoms with E-state index in [0.29, 0.717) is 10.7 Å². The normalized spacial score (nSPS) is 16.5. The van der Waals surface area contributed by atoms with Crippen molar-refractivity contribution in [2.45, 2.75) is 12.5 Å². The minimum absolute atomic E-state index is 0.0523. The van der Waals surface area contributed by atoms with Crippen molar-refractivity contribution in [3.63, 3.8) is 0 Å². The smallest absolute Gasteiger partial charge is 0.252 e. The SMILES string of the molecule is N/C(=N\C1=NC(CC(=O)Nc2ccccc2Cl)C(=O)N1)Nc1ccccc1. The van der Waals surface area contributed by atoms with Gasteiger partial charge in [0.2, 0.25) is 17.8 Å². The first-order valence-electron chi connectivity index (χ1n) is 8.10. The number of nitrogens with zero attached hydrogens (tertiary/aromatic N) is 2. The molecule has 0 radical (unpaired) electrons. The van der Waals surface area contributed by atoms with Gasteiger partial charge in [0.1, 0.15) is 6.04 Å². The topological polar surface area (TPSA) is 121 Å². The van der Waals surface area contributed by atoms with E-state index in [4.69, 9.17) is 17.3 Å². The van der Waals surface area contributed by atoms with Gasteiger partial charge in [-0.15, -0.1) is 0 Å². The zero-order valence-corrected chi connectivity index (χ0v) is 14.9. The molecular formula is C18H17ClN6O2. The number of carbonyl (C=O) groups is 2. The lowest BCUT2D eigenvalue weighted by Crippen LogP contribution is -2.32. The first kappa shape index (κ1) is 18.4. The van der Waals surface area contributed by atoms with Crippen molar-refractivity contribution in [3.8, 4) is 0 Å². The van der Waals surface area contributed by atoms with Crippen LogP contribution in [0, 0.1) is 0 Å². The maximum Gasteiger partial charge on any atom is 0.252 e. The standard InChI is InChI=1S/C18H17ClN6O2/c19-12-8-4-5-9-13(12)22-15(26)10-14-16(27)24-18(23-14)25-17(20)21-11-6-2-1-3-7-11/h1-9,14H,10H2,(H,22,26)(H4,20,21,23,24,25,27). The van der Waals surface area contributed by atoms with Gasteiger partial charge in [0.05, 0.1) is 17.1 Å². The van der Waals surface area contributed by atoms with Crippen molar-refractivity contribution < 1.29 is 9.59 Å². The van der Waals surface area contributed by atoms with E-state index in [1.165, 1.54) is 0 Å². The van der Waals surface area contributed by atoms with Gasteiger partial charge in [-0.3, -0.25) is 14.9 Å². The molecular weight excluding hydrogens is 368 g/mol. The molecule has 1 unspecified atom stereocenters. The van der Waals surface area contributed by atoms with Crippen molar-refractivity contribution in [2.24, 2.45) is 15.7 Å². The molecule has 1 aliphatic rings. The molecule has 9 heteroatoms. The second-order valence-electron chi connectivity index (χ2n) is 5.68. The summed E-state index contributed by atoms with van der Waals surface area (Å²) in [6.45, 7) is 0. The predicted octanol–water partition coefficient (Wildman–Crippen LogP) is 1.95. The van der Waals surface area contributed by atoms with Crippen molar-refractivity contribution in [3.05, 3.63) is 59.6 Å². The summed E-state index contributed by atoms with van der Waals surface area (Å²) in [6.07, 6.45) is -0.137. The molecule has 2 aromatic carbocycles. The summed E-state index contributed by atoms with van der Waals surface area (Å²) in [5, 5.41) is 8.44. The average molecular weight is 385 g/mol. The quantitative estimate of drug-likeness (QED) is 0.475. The molecule has 0 bridgehead atoms. The van der Waals surface area contributed by atoms with Crippen LogP contribution in [0.25, 0.3) is 0 Å². The van der Waals surface area contributed by atoms with Crippen LogP contribution in [0.1, 0.15) is 6.42 Å². The summed E-state index contributed by atoms with van der Waals surface area (Å²) in [7, 11) is 0. The van der Waals surface area contributed by atoms with E-state index in [2.05, 4.69) is 25.9 Å². The molecule has 0 fully saturated rings. The molecule has 2 aromatic rings. The molecule has 2 amide bonds. The van der Waals surface area contributed by atoms with Crippen LogP contribution in [0.3, 0.4) is 0 Å². The van der Waals surface area contributed by atoms with E-state index >= 15 is 0 Å². The fourth-order valence-electron chi connectivity index (χ4n) is 2.38. The number of hydrogen-bond acceptors (Lipinski definition) is 4. The van der Waals surface area contributed by atoms with E-state index in [0.717, 1.165) is 5.69 Å². The van der Waals surface area contributed by atoms with E-state index < -0.39 is 11.9 Å². The van der Waals surface area contributed by atoms with Crippen molar-refractivity contribution in [2.75, 3.05) is 10.6 Å². The lowest BCUT2D eigenvalue weighted by molar-refractivity contribution is -0.123. The number of halogens is 1. The molecule has 27 heavy (non-hydrogen) atoms. The molecule has 0 spiro atoms. The van der Waals surface area contributed by atoms with Gasteiger partial charge in [0.15, 0.2) is 0 Å². The molecule has 5 N–H and O–H groups in total. The van der Waals surface area contributed by atoms with Crippen LogP contribution in [0.5, 0.6) is 0 Å². The summed E-state index contributed by atoms with van der Waals surface area (Å²) in [6, 6.07) is 15.2. The van der Waals surface area contributed by atoms with E-state index in [-0.39, 0.29) is 24.2 Å². The Hall–Kier alpha value is -3.39. The largest absolute Gasteiger partial charge is 0.369 e. The number of nitrogens with two attached hydrogens (primary N) is 1. The average Bonchev–Trinajstić information content (AvgIpc) is 2.96.